The van der Waals surface area contributed by atoms with Gasteiger partial charge in [0.15, 0.2) is 21.6 Å². The van der Waals surface area contributed by atoms with Crippen LogP contribution in [-0.2, 0) is 23.6 Å². The van der Waals surface area contributed by atoms with Gasteiger partial charge in [0.1, 0.15) is 12.7 Å². The van der Waals surface area contributed by atoms with Crippen molar-refractivity contribution >= 4 is 32.7 Å². The van der Waals surface area contributed by atoms with Crippen LogP contribution in [0.2, 0.25) is 0 Å². The lowest BCUT2D eigenvalue weighted by Crippen LogP contribution is -2.41. The fraction of sp³-hybridized carbons (Fsp3) is 0.250. The number of fused-ring (bicyclic) bond motifs is 4. The number of nitrogens with zero attached hydrogens (tertiary/aromatic N) is 2. The molecule has 0 spiro atoms. The Morgan fingerprint density at radius 2 is 1.72 bits per heavy atom. The molecule has 0 unspecified atom stereocenters. The molecule has 208 valence electrons. The second-order valence-corrected chi connectivity index (χ2v) is 9.68. The summed E-state index contributed by atoms with van der Waals surface area (Å²) in [6.07, 6.45) is 0.836. The number of methoxy groups -OCH3 is 3. The summed E-state index contributed by atoms with van der Waals surface area (Å²) >= 11 is 0. The first-order chi connectivity index (χ1) is 18.3. The molecule has 2 aromatic carbocycles. The Labute approximate surface area is 220 Å². The second-order valence-electron chi connectivity index (χ2n) is 8.31. The molecule has 15 heteroatoms. The standard InChI is InChI=1S/C23H22N4O4.CHF3O3S/c1-26-19(12-15-9-13-7-5-6-8-17(13)27(15)26)25-23(28)16-10-14-11-18(29-2)21(30-3)22(31-4)20(14)24-16;2-1(3,4)8(5,6)7/h5-8,10-12H,9H2,1-4H3,(H,24,28);(H,5,6,7). The number of hydrogen-bond acceptors (Lipinski definition) is 7. The highest BCUT2D eigenvalue weighted by Gasteiger charge is 2.37. The Kier molecular flexibility index (Phi) is 7.23. The van der Waals surface area contributed by atoms with E-state index in [4.69, 9.17) is 27.2 Å². The minimum absolute atomic E-state index is 0.246. The van der Waals surface area contributed by atoms with Gasteiger partial charge in [-0.2, -0.15) is 22.5 Å². The third-order valence-corrected chi connectivity index (χ3v) is 6.57. The fourth-order valence-electron chi connectivity index (χ4n) is 4.28. The topological polar surface area (TPSA) is 139 Å². The van der Waals surface area contributed by atoms with Crippen LogP contribution in [0.15, 0.2) is 42.5 Å². The number of alkyl halides is 3. The van der Waals surface area contributed by atoms with E-state index < -0.39 is 15.6 Å². The van der Waals surface area contributed by atoms with E-state index in [2.05, 4.69) is 27.1 Å². The number of aromatic nitrogens is 3. The van der Waals surface area contributed by atoms with Gasteiger partial charge in [-0.05, 0) is 23.8 Å². The van der Waals surface area contributed by atoms with E-state index in [9.17, 15) is 18.0 Å². The van der Waals surface area contributed by atoms with Crippen LogP contribution < -0.4 is 24.2 Å². The quantitative estimate of drug-likeness (QED) is 0.189. The number of nitrogens with one attached hydrogen (secondary N) is 2. The molecule has 0 saturated heterocycles. The van der Waals surface area contributed by atoms with Crippen molar-refractivity contribution in [1.82, 2.24) is 9.67 Å². The van der Waals surface area contributed by atoms with Gasteiger partial charge in [-0.3, -0.25) is 0 Å². The third kappa shape index (κ3) is 5.09. The van der Waals surface area contributed by atoms with Crippen molar-refractivity contribution in [2.45, 2.75) is 11.9 Å². The van der Waals surface area contributed by atoms with Crippen LogP contribution >= 0.6 is 0 Å². The molecule has 0 saturated carbocycles. The Balaban J connectivity index is 0.000000386. The molecule has 1 aliphatic heterocycles. The summed E-state index contributed by atoms with van der Waals surface area (Å²) in [4.78, 5) is 16.2. The number of aromatic amines is 1. The summed E-state index contributed by atoms with van der Waals surface area (Å²) in [5.74, 6) is 1.97. The fourth-order valence-corrected chi connectivity index (χ4v) is 4.28. The number of para-hydroxylation sites is 1. The van der Waals surface area contributed by atoms with E-state index in [1.165, 1.54) is 5.56 Å². The molecule has 11 nitrogen and oxygen atoms in total. The summed E-state index contributed by atoms with van der Waals surface area (Å²) in [5, 5.41) is 3.80. The first-order valence-corrected chi connectivity index (χ1v) is 12.6. The molecule has 1 amide bonds. The minimum Gasteiger partial charge on any atom is -0.741 e. The molecule has 0 aliphatic carbocycles. The Morgan fingerprint density at radius 3 is 2.31 bits per heavy atom. The van der Waals surface area contributed by atoms with Crippen molar-refractivity contribution < 1.29 is 49.8 Å². The van der Waals surface area contributed by atoms with E-state index >= 15 is 0 Å². The van der Waals surface area contributed by atoms with Crippen molar-refractivity contribution in [3.63, 3.8) is 0 Å². The number of anilines is 1. The minimum atomic E-state index is -6.09. The van der Waals surface area contributed by atoms with E-state index in [1.807, 2.05) is 36.0 Å². The van der Waals surface area contributed by atoms with Crippen molar-refractivity contribution in [2.24, 2.45) is 7.05 Å². The van der Waals surface area contributed by atoms with Crippen LogP contribution in [0.3, 0.4) is 0 Å². The van der Waals surface area contributed by atoms with Crippen LogP contribution in [0.25, 0.3) is 16.6 Å². The Morgan fingerprint density at radius 1 is 1.08 bits per heavy atom. The smallest absolute Gasteiger partial charge is 0.485 e. The predicted octanol–water partition coefficient (Wildman–Crippen LogP) is 3.02. The Hall–Kier alpha value is -4.24. The molecule has 39 heavy (non-hydrogen) atoms. The molecule has 2 aromatic heterocycles. The van der Waals surface area contributed by atoms with Gasteiger partial charge >= 0.3 is 17.2 Å². The van der Waals surface area contributed by atoms with Gasteiger partial charge in [-0.25, -0.2) is 18.5 Å². The average molecular weight is 569 g/mol. The number of H-pyrrole nitrogens is 1. The van der Waals surface area contributed by atoms with Crippen molar-refractivity contribution in [3.05, 3.63) is 59.4 Å². The molecule has 0 atom stereocenters. The van der Waals surface area contributed by atoms with Gasteiger partial charge in [-0.1, -0.05) is 18.2 Å². The molecular formula is C24H23F3N4O7S. The van der Waals surface area contributed by atoms with Crippen molar-refractivity contribution in [3.8, 4) is 22.9 Å². The van der Waals surface area contributed by atoms with Gasteiger partial charge in [0.25, 0.3) is 0 Å². The monoisotopic (exact) mass is 568 g/mol. The van der Waals surface area contributed by atoms with Crippen LogP contribution in [0.4, 0.5) is 19.0 Å². The second kappa shape index (κ2) is 10.1. The number of carbonyl (C=O) groups excluding carboxylic acids is 1. The molecule has 0 bridgehead atoms. The van der Waals surface area contributed by atoms with E-state index in [0.717, 1.165) is 29.0 Å². The molecular weight excluding hydrogens is 545 g/mol. The zero-order chi connectivity index (χ0) is 28.7. The molecule has 4 aromatic rings. The first-order valence-electron chi connectivity index (χ1n) is 11.1. The SMILES string of the molecule is COc1cc2cc(C(=O)Nc3cc4n([n+]3C)-c3ccccc3C4)[nH]c2c(OC)c1OC.O=S(=O)([O-])C(F)(F)F. The summed E-state index contributed by atoms with van der Waals surface area (Å²) in [6, 6.07) is 13.9. The van der Waals surface area contributed by atoms with Crippen LogP contribution in [0, 0.1) is 0 Å². The predicted molar refractivity (Wildman–Crippen MR) is 131 cm³/mol. The number of halogens is 3. The maximum Gasteiger partial charge on any atom is 0.485 e. The maximum absolute atomic E-state index is 13.0. The molecule has 1 aliphatic rings. The van der Waals surface area contributed by atoms with Crippen LogP contribution in [0.1, 0.15) is 21.7 Å². The van der Waals surface area contributed by atoms with Crippen molar-refractivity contribution in [1.29, 1.82) is 0 Å². The van der Waals surface area contributed by atoms with Crippen LogP contribution in [-0.4, -0.2) is 55.4 Å². The zero-order valence-electron chi connectivity index (χ0n) is 21.0. The van der Waals surface area contributed by atoms with E-state index in [-0.39, 0.29) is 5.91 Å². The van der Waals surface area contributed by atoms with Gasteiger partial charge < -0.3 is 23.7 Å². The van der Waals surface area contributed by atoms with Crippen molar-refractivity contribution in [2.75, 3.05) is 26.6 Å². The highest BCUT2D eigenvalue weighted by molar-refractivity contribution is 7.86. The largest absolute Gasteiger partial charge is 0.741 e. The van der Waals surface area contributed by atoms with E-state index in [1.54, 1.807) is 27.4 Å². The van der Waals surface area contributed by atoms with Gasteiger partial charge in [-0.15, -0.1) is 0 Å². The highest BCUT2D eigenvalue weighted by atomic mass is 32.2. The van der Waals surface area contributed by atoms with Gasteiger partial charge in [0.2, 0.25) is 5.75 Å². The normalized spacial score (nSPS) is 12.3. The maximum atomic E-state index is 13.0. The molecule has 5 rings (SSSR count). The number of benzene rings is 2. The molecule has 0 fully saturated rings. The highest BCUT2D eigenvalue weighted by Crippen LogP contribution is 2.43. The number of ether oxygens (including phenoxy) is 3. The average Bonchev–Trinajstić information content (AvgIpc) is 3.54. The van der Waals surface area contributed by atoms with Gasteiger partial charge in [0, 0.05) is 11.8 Å². The summed E-state index contributed by atoms with van der Waals surface area (Å²) in [7, 11) is 0.511. The van der Waals surface area contributed by atoms with E-state index in [0.29, 0.717) is 28.5 Å². The number of carbonyl (C=O) groups is 1. The Bertz CT molecular complexity index is 1680. The molecule has 3 heterocycles. The summed E-state index contributed by atoms with van der Waals surface area (Å²) in [6.45, 7) is 0. The first kappa shape index (κ1) is 27.8. The van der Waals surface area contributed by atoms with Gasteiger partial charge in [0.05, 0.1) is 44.3 Å². The lowest BCUT2D eigenvalue weighted by Gasteiger charge is -2.12. The molecule has 2 N–H and O–H groups in total. The number of hydrogen-bond donors (Lipinski definition) is 2. The third-order valence-electron chi connectivity index (χ3n) is 6.01. The summed E-state index contributed by atoms with van der Waals surface area (Å²) in [5.41, 5.74) is -1.02. The number of amides is 1. The number of rotatable bonds is 5. The van der Waals surface area contributed by atoms with Crippen LogP contribution in [0.5, 0.6) is 17.2 Å². The summed E-state index contributed by atoms with van der Waals surface area (Å²) < 4.78 is 79.3. The molecule has 0 radical (unpaired) electrons. The lowest BCUT2D eigenvalue weighted by atomic mass is 10.1. The zero-order valence-corrected chi connectivity index (χ0v) is 21.9. The lowest BCUT2D eigenvalue weighted by molar-refractivity contribution is -0.731.